The number of benzene rings is 1. The Hall–Kier alpha value is -1.09. The summed E-state index contributed by atoms with van der Waals surface area (Å²) in [4.78, 5) is 0. The van der Waals surface area contributed by atoms with E-state index in [2.05, 4.69) is 5.32 Å². The van der Waals surface area contributed by atoms with Gasteiger partial charge in [-0.1, -0.05) is 6.92 Å². The Morgan fingerprint density at radius 1 is 1.35 bits per heavy atom. The van der Waals surface area contributed by atoms with Crippen LogP contribution >= 0.6 is 0 Å². The van der Waals surface area contributed by atoms with Crippen molar-refractivity contribution >= 4 is 0 Å². The first-order chi connectivity index (χ1) is 8.26. The van der Waals surface area contributed by atoms with Crippen LogP contribution in [0.2, 0.25) is 0 Å². The van der Waals surface area contributed by atoms with Gasteiger partial charge in [-0.3, -0.25) is 0 Å². The van der Waals surface area contributed by atoms with Gasteiger partial charge in [0, 0.05) is 6.07 Å². The van der Waals surface area contributed by atoms with E-state index in [0.717, 1.165) is 37.9 Å². The molecule has 0 aliphatic carbocycles. The molecule has 1 aliphatic rings. The molecule has 1 aliphatic heterocycles. The fourth-order valence-corrected chi connectivity index (χ4v) is 2.52. The maximum absolute atomic E-state index is 13.7. The summed E-state index contributed by atoms with van der Waals surface area (Å²) in [7, 11) is 1.62. The largest absolute Gasteiger partial charge is 0.496 e. The molecule has 94 valence electrons. The second kappa shape index (κ2) is 5.50. The number of rotatable bonds is 3. The summed E-state index contributed by atoms with van der Waals surface area (Å²) in [6.45, 7) is 4.05. The summed E-state index contributed by atoms with van der Waals surface area (Å²) < 4.78 is 19.0. The van der Waals surface area contributed by atoms with E-state index in [0.29, 0.717) is 11.7 Å². The van der Waals surface area contributed by atoms with Crippen molar-refractivity contribution < 1.29 is 9.13 Å². The summed E-state index contributed by atoms with van der Waals surface area (Å²) in [5, 5.41) is 3.35. The van der Waals surface area contributed by atoms with Crippen LogP contribution in [0.1, 0.15) is 36.8 Å². The minimum absolute atomic E-state index is 0.151. The minimum Gasteiger partial charge on any atom is -0.496 e. The van der Waals surface area contributed by atoms with Crippen molar-refractivity contribution in [2.45, 2.75) is 32.1 Å². The van der Waals surface area contributed by atoms with Crippen molar-refractivity contribution in [1.29, 1.82) is 0 Å². The molecule has 2 nitrogen and oxygen atoms in total. The molecule has 0 spiro atoms. The minimum atomic E-state index is -0.151. The van der Waals surface area contributed by atoms with Gasteiger partial charge in [-0.15, -0.1) is 0 Å². The lowest BCUT2D eigenvalue weighted by atomic mass is 9.88. The molecule has 1 N–H and O–H groups in total. The zero-order valence-electron chi connectivity index (χ0n) is 10.6. The van der Waals surface area contributed by atoms with Crippen LogP contribution in [0.4, 0.5) is 4.39 Å². The molecule has 0 bridgehead atoms. The molecule has 0 amide bonds. The van der Waals surface area contributed by atoms with Gasteiger partial charge in [-0.25, -0.2) is 4.39 Å². The normalized spacial score (nSPS) is 17.1. The first kappa shape index (κ1) is 12.4. The molecular weight excluding hydrogens is 217 g/mol. The topological polar surface area (TPSA) is 21.3 Å². The van der Waals surface area contributed by atoms with E-state index in [4.69, 9.17) is 4.74 Å². The molecule has 1 aromatic carbocycles. The van der Waals surface area contributed by atoms with Crippen LogP contribution in [-0.4, -0.2) is 20.2 Å². The third-order valence-electron chi connectivity index (χ3n) is 3.56. The Morgan fingerprint density at radius 3 is 2.65 bits per heavy atom. The number of methoxy groups -OCH3 is 1. The van der Waals surface area contributed by atoms with Crippen LogP contribution in [0, 0.1) is 5.82 Å². The Morgan fingerprint density at radius 2 is 2.06 bits per heavy atom. The highest BCUT2D eigenvalue weighted by Gasteiger charge is 2.20. The first-order valence-electron chi connectivity index (χ1n) is 6.33. The van der Waals surface area contributed by atoms with Crippen LogP contribution in [0.25, 0.3) is 0 Å². The Labute approximate surface area is 102 Å². The van der Waals surface area contributed by atoms with Gasteiger partial charge in [0.15, 0.2) is 0 Å². The quantitative estimate of drug-likeness (QED) is 0.872. The number of nitrogens with one attached hydrogen (secondary N) is 1. The highest BCUT2D eigenvalue weighted by molar-refractivity contribution is 5.41. The summed E-state index contributed by atoms with van der Waals surface area (Å²) in [5.41, 5.74) is 1.96. The van der Waals surface area contributed by atoms with Crippen LogP contribution in [-0.2, 0) is 6.42 Å². The number of aryl methyl sites for hydroxylation is 1. The monoisotopic (exact) mass is 237 g/mol. The number of hydrogen-bond donors (Lipinski definition) is 1. The number of halogens is 1. The summed E-state index contributed by atoms with van der Waals surface area (Å²) in [5.74, 6) is 1.05. The average Bonchev–Trinajstić information content (AvgIpc) is 2.39. The molecule has 17 heavy (non-hydrogen) atoms. The third kappa shape index (κ3) is 2.60. The standard InChI is InChI=1S/C14H20FNO/c1-3-10-8-12(11-4-6-16-7-5-11)14(17-2)9-13(10)15/h8-9,11,16H,3-7H2,1-2H3. The van der Waals surface area contributed by atoms with Crippen LogP contribution < -0.4 is 10.1 Å². The lowest BCUT2D eigenvalue weighted by Gasteiger charge is -2.25. The predicted molar refractivity (Wildman–Crippen MR) is 67.2 cm³/mol. The van der Waals surface area contributed by atoms with Gasteiger partial charge in [-0.05, 0) is 55.5 Å². The maximum atomic E-state index is 13.7. The van der Waals surface area contributed by atoms with Gasteiger partial charge in [-0.2, -0.15) is 0 Å². The fraction of sp³-hybridized carbons (Fsp3) is 0.571. The third-order valence-corrected chi connectivity index (χ3v) is 3.56. The molecular formula is C14H20FNO. The van der Waals surface area contributed by atoms with Crippen molar-refractivity contribution in [1.82, 2.24) is 5.32 Å². The molecule has 0 saturated carbocycles. The molecule has 2 rings (SSSR count). The maximum Gasteiger partial charge on any atom is 0.130 e. The van der Waals surface area contributed by atoms with Crippen LogP contribution in [0.5, 0.6) is 5.75 Å². The van der Waals surface area contributed by atoms with E-state index in [1.807, 2.05) is 13.0 Å². The zero-order valence-corrected chi connectivity index (χ0v) is 10.6. The lowest BCUT2D eigenvalue weighted by Crippen LogP contribution is -2.27. The van der Waals surface area contributed by atoms with E-state index < -0.39 is 0 Å². The number of ether oxygens (including phenoxy) is 1. The smallest absolute Gasteiger partial charge is 0.130 e. The number of hydrogen-bond acceptors (Lipinski definition) is 2. The van der Waals surface area contributed by atoms with Crippen molar-refractivity contribution in [3.63, 3.8) is 0 Å². The van der Waals surface area contributed by atoms with E-state index in [1.165, 1.54) is 11.6 Å². The molecule has 0 aromatic heterocycles. The highest BCUT2D eigenvalue weighted by atomic mass is 19.1. The van der Waals surface area contributed by atoms with E-state index in [-0.39, 0.29) is 5.82 Å². The molecule has 0 unspecified atom stereocenters. The second-order valence-electron chi connectivity index (χ2n) is 4.56. The van der Waals surface area contributed by atoms with Gasteiger partial charge in [0.25, 0.3) is 0 Å². The number of piperidine rings is 1. The molecule has 1 aromatic rings. The summed E-state index contributed by atoms with van der Waals surface area (Å²) in [6, 6.07) is 3.53. The van der Waals surface area contributed by atoms with Gasteiger partial charge < -0.3 is 10.1 Å². The van der Waals surface area contributed by atoms with Gasteiger partial charge >= 0.3 is 0 Å². The SMILES string of the molecule is CCc1cc(C2CCNCC2)c(OC)cc1F. The first-order valence-corrected chi connectivity index (χ1v) is 6.33. The Bertz CT molecular complexity index is 386. The van der Waals surface area contributed by atoms with Crippen LogP contribution in [0.15, 0.2) is 12.1 Å². The summed E-state index contributed by atoms with van der Waals surface area (Å²) in [6.07, 6.45) is 2.93. The molecule has 0 atom stereocenters. The Balaban J connectivity index is 2.35. The zero-order chi connectivity index (χ0) is 12.3. The lowest BCUT2D eigenvalue weighted by molar-refractivity contribution is 0.388. The van der Waals surface area contributed by atoms with Gasteiger partial charge in [0.05, 0.1) is 7.11 Å². The van der Waals surface area contributed by atoms with Crippen molar-refractivity contribution in [3.8, 4) is 5.75 Å². The van der Waals surface area contributed by atoms with Gasteiger partial charge in [0.1, 0.15) is 11.6 Å². The summed E-state index contributed by atoms with van der Waals surface area (Å²) >= 11 is 0. The second-order valence-corrected chi connectivity index (χ2v) is 4.56. The molecule has 1 saturated heterocycles. The van der Waals surface area contributed by atoms with Crippen molar-refractivity contribution in [2.75, 3.05) is 20.2 Å². The molecule has 3 heteroatoms. The molecule has 0 radical (unpaired) electrons. The predicted octanol–water partition coefficient (Wildman–Crippen LogP) is 2.86. The molecule has 1 fully saturated rings. The van der Waals surface area contributed by atoms with Crippen molar-refractivity contribution in [3.05, 3.63) is 29.1 Å². The highest BCUT2D eigenvalue weighted by Crippen LogP contribution is 2.34. The Kier molecular flexibility index (Phi) is 4.00. The van der Waals surface area contributed by atoms with Crippen LogP contribution in [0.3, 0.4) is 0 Å². The van der Waals surface area contributed by atoms with E-state index in [9.17, 15) is 4.39 Å². The fourth-order valence-electron chi connectivity index (χ4n) is 2.52. The van der Waals surface area contributed by atoms with Gasteiger partial charge in [0.2, 0.25) is 0 Å². The van der Waals surface area contributed by atoms with Crippen molar-refractivity contribution in [2.24, 2.45) is 0 Å². The van der Waals surface area contributed by atoms with E-state index >= 15 is 0 Å². The molecule has 1 heterocycles. The average molecular weight is 237 g/mol. The van der Waals surface area contributed by atoms with E-state index in [1.54, 1.807) is 7.11 Å².